The van der Waals surface area contributed by atoms with Crippen LogP contribution in [-0.4, -0.2) is 0 Å². The van der Waals surface area contributed by atoms with E-state index in [0.717, 1.165) is 0 Å². The molecule has 0 spiro atoms. The van der Waals surface area contributed by atoms with Gasteiger partial charge in [0.15, 0.2) is 0 Å². The molecule has 0 saturated carbocycles. The fourth-order valence-electron chi connectivity index (χ4n) is 4.72. The van der Waals surface area contributed by atoms with Crippen molar-refractivity contribution in [1.29, 1.82) is 0 Å². The number of aryl methyl sites for hydroxylation is 3. The smallest absolute Gasteiger partial charge is 0.0279 e. The Hall–Kier alpha value is -0.780. The molecule has 0 nitrogen and oxygen atoms in total. The second-order valence-electron chi connectivity index (χ2n) is 10.2. The third kappa shape index (κ3) is 17.5. The van der Waals surface area contributed by atoms with Gasteiger partial charge in [-0.3, -0.25) is 0 Å². The van der Waals surface area contributed by atoms with Crippen LogP contribution in [0, 0.1) is 13.8 Å². The molecule has 0 aliphatic rings. The summed E-state index contributed by atoms with van der Waals surface area (Å²) in [5.41, 5.74) is 4.39. The lowest BCUT2D eigenvalue weighted by Gasteiger charge is -2.06. The van der Waals surface area contributed by atoms with E-state index in [2.05, 4.69) is 39.0 Å². The van der Waals surface area contributed by atoms with Crippen molar-refractivity contribution in [2.75, 3.05) is 0 Å². The largest absolute Gasteiger partial charge is 0.0654 e. The summed E-state index contributed by atoms with van der Waals surface area (Å²) in [4.78, 5) is 0. The Bertz CT molecular complexity index is 501. The van der Waals surface area contributed by atoms with Crippen LogP contribution in [0.1, 0.15) is 158 Å². The van der Waals surface area contributed by atoms with Crippen LogP contribution in [0.2, 0.25) is 0 Å². The van der Waals surface area contributed by atoms with Gasteiger partial charge in [-0.1, -0.05) is 154 Å². The third-order valence-electron chi connectivity index (χ3n) is 7.14. The highest BCUT2D eigenvalue weighted by Gasteiger charge is 1.98. The van der Waals surface area contributed by atoms with Gasteiger partial charge in [0.1, 0.15) is 0 Å². The molecule has 0 heteroatoms. The maximum atomic E-state index is 2.38. The molecule has 0 aliphatic carbocycles. The summed E-state index contributed by atoms with van der Waals surface area (Å²) in [6.45, 7) is 6.74. The zero-order valence-corrected chi connectivity index (χ0v) is 21.8. The second kappa shape index (κ2) is 21.1. The minimum atomic E-state index is 1.26. The van der Waals surface area contributed by atoms with Crippen molar-refractivity contribution >= 4 is 0 Å². The predicted molar refractivity (Wildman–Crippen MR) is 142 cm³/mol. The zero-order valence-electron chi connectivity index (χ0n) is 21.8. The predicted octanol–water partition coefficient (Wildman–Crippen LogP) is 11.1. The summed E-state index contributed by atoms with van der Waals surface area (Å²) >= 11 is 0. The van der Waals surface area contributed by atoms with E-state index in [-0.39, 0.29) is 0 Å². The SMILES string of the molecule is CCCCCCCCCCCCCCCCCCCCCCCc1ccc(C)c(C)c1. The standard InChI is InChI=1S/C31H56/c1-4-5-6-7-8-9-10-11-12-13-14-15-16-17-18-19-20-21-22-23-24-25-31-27-26-29(2)30(3)28-31/h26-28H,4-25H2,1-3H3. The Kier molecular flexibility index (Phi) is 19.2. The Morgan fingerprint density at radius 3 is 1.13 bits per heavy atom. The molecule has 0 aliphatic heterocycles. The molecule has 0 fully saturated rings. The first-order valence-corrected chi connectivity index (χ1v) is 14.3. The van der Waals surface area contributed by atoms with E-state index < -0.39 is 0 Å². The Balaban J connectivity index is 1.72. The van der Waals surface area contributed by atoms with Gasteiger partial charge >= 0.3 is 0 Å². The zero-order chi connectivity index (χ0) is 22.4. The molecule has 0 amide bonds. The van der Waals surface area contributed by atoms with Crippen molar-refractivity contribution in [3.63, 3.8) is 0 Å². The minimum Gasteiger partial charge on any atom is -0.0654 e. The van der Waals surface area contributed by atoms with Gasteiger partial charge in [0.25, 0.3) is 0 Å². The summed E-state index contributed by atoms with van der Waals surface area (Å²) in [6.07, 6.45) is 31.9. The number of rotatable bonds is 22. The van der Waals surface area contributed by atoms with Crippen molar-refractivity contribution in [1.82, 2.24) is 0 Å². The summed E-state index contributed by atoms with van der Waals surface area (Å²) in [5, 5.41) is 0. The molecule has 0 aromatic heterocycles. The summed E-state index contributed by atoms with van der Waals surface area (Å²) in [5.74, 6) is 0. The van der Waals surface area contributed by atoms with Gasteiger partial charge in [-0.2, -0.15) is 0 Å². The topological polar surface area (TPSA) is 0 Å². The van der Waals surface area contributed by atoms with Gasteiger partial charge in [0.05, 0.1) is 0 Å². The van der Waals surface area contributed by atoms with Crippen LogP contribution < -0.4 is 0 Å². The van der Waals surface area contributed by atoms with Gasteiger partial charge in [-0.15, -0.1) is 0 Å². The van der Waals surface area contributed by atoms with Crippen LogP contribution >= 0.6 is 0 Å². The molecule has 0 heterocycles. The van der Waals surface area contributed by atoms with Crippen LogP contribution in [0.3, 0.4) is 0 Å². The highest BCUT2D eigenvalue weighted by molar-refractivity contribution is 5.29. The monoisotopic (exact) mass is 428 g/mol. The maximum absolute atomic E-state index is 2.38. The fourth-order valence-corrected chi connectivity index (χ4v) is 4.72. The fraction of sp³-hybridized carbons (Fsp3) is 0.806. The molecule has 0 atom stereocenters. The second-order valence-corrected chi connectivity index (χ2v) is 10.2. The van der Waals surface area contributed by atoms with Crippen LogP contribution in [0.5, 0.6) is 0 Å². The van der Waals surface area contributed by atoms with Gasteiger partial charge in [0, 0.05) is 0 Å². The van der Waals surface area contributed by atoms with E-state index in [4.69, 9.17) is 0 Å². The number of hydrogen-bond donors (Lipinski definition) is 0. The van der Waals surface area contributed by atoms with Gasteiger partial charge in [0.2, 0.25) is 0 Å². The third-order valence-corrected chi connectivity index (χ3v) is 7.14. The molecule has 0 bridgehead atoms. The highest BCUT2D eigenvalue weighted by Crippen LogP contribution is 2.16. The van der Waals surface area contributed by atoms with Crippen molar-refractivity contribution in [3.8, 4) is 0 Å². The Morgan fingerprint density at radius 1 is 0.419 bits per heavy atom. The molecule has 1 aromatic rings. The summed E-state index contributed by atoms with van der Waals surface area (Å²) in [6, 6.07) is 6.98. The van der Waals surface area contributed by atoms with E-state index in [1.165, 1.54) is 158 Å². The lowest BCUT2D eigenvalue weighted by atomic mass is 10.0. The number of benzene rings is 1. The molecule has 0 saturated heterocycles. The van der Waals surface area contributed by atoms with Crippen molar-refractivity contribution in [2.24, 2.45) is 0 Å². The highest BCUT2D eigenvalue weighted by atomic mass is 14.0. The van der Waals surface area contributed by atoms with Crippen LogP contribution in [-0.2, 0) is 6.42 Å². The average Bonchev–Trinajstić information content (AvgIpc) is 2.77. The first-order valence-electron chi connectivity index (χ1n) is 14.3. The molecule has 1 aromatic carbocycles. The van der Waals surface area contributed by atoms with Crippen molar-refractivity contribution in [3.05, 3.63) is 34.9 Å². The van der Waals surface area contributed by atoms with Crippen LogP contribution in [0.25, 0.3) is 0 Å². The lowest BCUT2D eigenvalue weighted by Crippen LogP contribution is -1.89. The molecule has 0 unspecified atom stereocenters. The first kappa shape index (κ1) is 28.3. The van der Waals surface area contributed by atoms with E-state index in [1.54, 1.807) is 0 Å². The molecule has 1 rings (SSSR count). The normalized spacial score (nSPS) is 11.3. The summed E-state index contributed by atoms with van der Waals surface area (Å²) < 4.78 is 0. The van der Waals surface area contributed by atoms with Crippen molar-refractivity contribution in [2.45, 2.75) is 162 Å². The Morgan fingerprint density at radius 2 is 0.774 bits per heavy atom. The van der Waals surface area contributed by atoms with E-state index in [9.17, 15) is 0 Å². The maximum Gasteiger partial charge on any atom is -0.0279 e. The number of hydrogen-bond acceptors (Lipinski definition) is 0. The lowest BCUT2D eigenvalue weighted by molar-refractivity contribution is 0.520. The Labute approximate surface area is 197 Å². The first-order chi connectivity index (χ1) is 15.2. The van der Waals surface area contributed by atoms with Crippen molar-refractivity contribution < 1.29 is 0 Å². The van der Waals surface area contributed by atoms with E-state index >= 15 is 0 Å². The van der Waals surface area contributed by atoms with Gasteiger partial charge < -0.3 is 0 Å². The average molecular weight is 429 g/mol. The molecular formula is C31H56. The molecule has 0 radical (unpaired) electrons. The number of unbranched alkanes of at least 4 members (excludes halogenated alkanes) is 20. The quantitative estimate of drug-likeness (QED) is 0.161. The molecule has 180 valence electrons. The molecule has 31 heavy (non-hydrogen) atoms. The summed E-state index contributed by atoms with van der Waals surface area (Å²) in [7, 11) is 0. The van der Waals surface area contributed by atoms with Gasteiger partial charge in [-0.05, 0) is 43.4 Å². The van der Waals surface area contributed by atoms with Crippen LogP contribution in [0.15, 0.2) is 18.2 Å². The molecular weight excluding hydrogens is 372 g/mol. The van der Waals surface area contributed by atoms with E-state index in [0.29, 0.717) is 0 Å². The van der Waals surface area contributed by atoms with Gasteiger partial charge in [-0.25, -0.2) is 0 Å². The molecule has 0 N–H and O–H groups in total. The minimum absolute atomic E-state index is 1.26. The van der Waals surface area contributed by atoms with E-state index in [1.807, 2.05) is 0 Å². The van der Waals surface area contributed by atoms with Crippen LogP contribution in [0.4, 0.5) is 0 Å².